The quantitative estimate of drug-likeness (QED) is 0.789. The zero-order valence-electron chi connectivity index (χ0n) is 11.9. The maximum atomic E-state index is 13.8. The molecule has 1 aromatic rings. The largest absolute Gasteiger partial charge is 0.396 e. The van der Waals surface area contributed by atoms with Crippen LogP contribution in [0.25, 0.3) is 0 Å². The number of anilines is 1. The van der Waals surface area contributed by atoms with E-state index in [2.05, 4.69) is 5.32 Å². The van der Waals surface area contributed by atoms with E-state index in [1.54, 1.807) is 0 Å². The van der Waals surface area contributed by atoms with Crippen LogP contribution in [0.5, 0.6) is 0 Å². The minimum Gasteiger partial charge on any atom is -0.396 e. The van der Waals surface area contributed by atoms with Gasteiger partial charge < -0.3 is 15.8 Å². The van der Waals surface area contributed by atoms with Crippen molar-refractivity contribution in [3.05, 3.63) is 29.3 Å². The number of amides is 1. The summed E-state index contributed by atoms with van der Waals surface area (Å²) in [5.41, 5.74) is 4.52. The third kappa shape index (κ3) is 4.16. The highest BCUT2D eigenvalue weighted by Crippen LogP contribution is 2.18. The second kappa shape index (κ2) is 7.19. The number of nitrogens with two attached hydrogens (primary N) is 1. The second-order valence-corrected chi connectivity index (χ2v) is 4.84. The number of halogens is 2. The van der Waals surface area contributed by atoms with Gasteiger partial charge in [0.05, 0.1) is 23.9 Å². The average molecular weight is 286 g/mol. The normalized spacial score (nSPS) is 12.5. The number of hydrogen-bond donors (Lipinski definition) is 2. The highest BCUT2D eigenvalue weighted by atomic mass is 19.1. The van der Waals surface area contributed by atoms with Gasteiger partial charge in [0.15, 0.2) is 5.82 Å². The van der Waals surface area contributed by atoms with Crippen LogP contribution in [0.1, 0.15) is 31.1 Å². The Kier molecular flexibility index (Phi) is 5.88. The molecule has 0 heterocycles. The van der Waals surface area contributed by atoms with Gasteiger partial charge in [0.1, 0.15) is 5.82 Å². The Hall–Kier alpha value is -1.69. The summed E-state index contributed by atoms with van der Waals surface area (Å²) in [5.74, 6) is -2.27. The van der Waals surface area contributed by atoms with Gasteiger partial charge in [-0.25, -0.2) is 8.78 Å². The van der Waals surface area contributed by atoms with Crippen LogP contribution in [0, 0.1) is 17.6 Å². The maximum absolute atomic E-state index is 13.8. The van der Waals surface area contributed by atoms with Crippen LogP contribution in [-0.2, 0) is 4.74 Å². The van der Waals surface area contributed by atoms with Crippen LogP contribution in [-0.4, -0.2) is 25.2 Å². The van der Waals surface area contributed by atoms with Crippen LogP contribution in [0.4, 0.5) is 14.5 Å². The fourth-order valence-electron chi connectivity index (χ4n) is 1.67. The lowest BCUT2D eigenvalue weighted by Gasteiger charge is -2.22. The van der Waals surface area contributed by atoms with Crippen LogP contribution in [0.2, 0.25) is 0 Å². The molecule has 1 rings (SSSR count). The van der Waals surface area contributed by atoms with E-state index in [1.165, 1.54) is 0 Å². The molecule has 0 saturated carbocycles. The molecule has 4 nitrogen and oxygen atoms in total. The van der Waals surface area contributed by atoms with Crippen LogP contribution >= 0.6 is 0 Å². The third-order valence-electron chi connectivity index (χ3n) is 2.93. The van der Waals surface area contributed by atoms with E-state index in [4.69, 9.17) is 10.5 Å². The molecule has 20 heavy (non-hydrogen) atoms. The number of nitrogens with one attached hydrogen (secondary N) is 1. The third-order valence-corrected chi connectivity index (χ3v) is 2.93. The summed E-state index contributed by atoms with van der Waals surface area (Å²) in [7, 11) is 0. The Morgan fingerprint density at radius 3 is 2.60 bits per heavy atom. The molecule has 0 radical (unpaired) electrons. The van der Waals surface area contributed by atoms with E-state index in [0.29, 0.717) is 13.2 Å². The van der Waals surface area contributed by atoms with Crippen molar-refractivity contribution >= 4 is 11.6 Å². The first-order valence-electron chi connectivity index (χ1n) is 6.49. The molecular weight excluding hydrogens is 266 g/mol. The number of carbonyl (C=O) groups is 1. The minimum atomic E-state index is -0.914. The number of nitrogen functional groups attached to an aromatic ring is 1. The fraction of sp³-hybridized carbons (Fsp3) is 0.500. The highest BCUT2D eigenvalue weighted by molar-refractivity contribution is 5.95. The van der Waals surface area contributed by atoms with Crippen molar-refractivity contribution in [1.82, 2.24) is 5.32 Å². The molecule has 6 heteroatoms. The monoisotopic (exact) mass is 286 g/mol. The molecule has 0 fully saturated rings. The molecule has 0 aliphatic carbocycles. The van der Waals surface area contributed by atoms with Gasteiger partial charge >= 0.3 is 0 Å². The summed E-state index contributed by atoms with van der Waals surface area (Å²) in [6.45, 7) is 6.47. The lowest BCUT2D eigenvalue weighted by molar-refractivity contribution is 0.0802. The van der Waals surface area contributed by atoms with Crippen molar-refractivity contribution in [1.29, 1.82) is 0 Å². The Balaban J connectivity index is 2.89. The second-order valence-electron chi connectivity index (χ2n) is 4.84. The molecule has 0 saturated heterocycles. The average Bonchev–Trinajstić information content (AvgIpc) is 2.38. The molecule has 1 aromatic carbocycles. The van der Waals surface area contributed by atoms with E-state index in [1.807, 2.05) is 20.8 Å². The Morgan fingerprint density at radius 1 is 1.40 bits per heavy atom. The Labute approximate surface area is 117 Å². The maximum Gasteiger partial charge on any atom is 0.254 e. The first kappa shape index (κ1) is 16.4. The predicted octanol–water partition coefficient (Wildman–Crippen LogP) is 2.34. The zero-order valence-corrected chi connectivity index (χ0v) is 11.9. The van der Waals surface area contributed by atoms with Crippen molar-refractivity contribution in [3.8, 4) is 0 Å². The smallest absolute Gasteiger partial charge is 0.254 e. The van der Waals surface area contributed by atoms with E-state index in [-0.39, 0.29) is 17.6 Å². The van der Waals surface area contributed by atoms with Crippen molar-refractivity contribution in [2.75, 3.05) is 18.9 Å². The van der Waals surface area contributed by atoms with Crippen LogP contribution < -0.4 is 11.1 Å². The molecule has 1 atom stereocenters. The molecule has 0 aromatic heterocycles. The number of ether oxygens (including phenoxy) is 1. The molecule has 1 amide bonds. The van der Waals surface area contributed by atoms with Crippen LogP contribution in [0.15, 0.2) is 12.1 Å². The molecule has 1 unspecified atom stereocenters. The highest BCUT2D eigenvalue weighted by Gasteiger charge is 2.21. The zero-order chi connectivity index (χ0) is 15.3. The molecular formula is C14H20F2N2O2. The topological polar surface area (TPSA) is 64.3 Å². The van der Waals surface area contributed by atoms with Gasteiger partial charge in [-0.3, -0.25) is 4.79 Å². The summed E-state index contributed by atoms with van der Waals surface area (Å²) < 4.78 is 32.2. The fourth-order valence-corrected chi connectivity index (χ4v) is 1.67. The van der Waals surface area contributed by atoms with Crippen molar-refractivity contribution in [2.24, 2.45) is 5.92 Å². The van der Waals surface area contributed by atoms with Gasteiger partial charge in [-0.2, -0.15) is 0 Å². The summed E-state index contributed by atoms with van der Waals surface area (Å²) in [5, 5.41) is 2.64. The van der Waals surface area contributed by atoms with Crippen molar-refractivity contribution < 1.29 is 18.3 Å². The van der Waals surface area contributed by atoms with E-state index < -0.39 is 23.1 Å². The number of hydrogen-bond acceptors (Lipinski definition) is 3. The summed E-state index contributed by atoms with van der Waals surface area (Å²) in [4.78, 5) is 12.0. The standard InChI is InChI=1S/C14H20F2N2O2/c1-4-20-7-12(8(2)3)18-14(19)10-5-9(15)6-11(17)13(10)16/h5-6,8,12H,4,7,17H2,1-3H3,(H,18,19). The predicted molar refractivity (Wildman–Crippen MR) is 73.4 cm³/mol. The molecule has 0 aliphatic rings. The Bertz CT molecular complexity index is 478. The van der Waals surface area contributed by atoms with Crippen molar-refractivity contribution in [3.63, 3.8) is 0 Å². The lowest BCUT2D eigenvalue weighted by atomic mass is 10.0. The van der Waals surface area contributed by atoms with E-state index in [0.717, 1.165) is 12.1 Å². The van der Waals surface area contributed by atoms with E-state index in [9.17, 15) is 13.6 Å². The van der Waals surface area contributed by atoms with Gasteiger partial charge in [-0.05, 0) is 25.0 Å². The first-order chi connectivity index (χ1) is 9.36. The van der Waals surface area contributed by atoms with Gasteiger partial charge in [0, 0.05) is 6.61 Å². The van der Waals surface area contributed by atoms with Crippen molar-refractivity contribution in [2.45, 2.75) is 26.8 Å². The number of rotatable bonds is 6. The summed E-state index contributed by atoms with van der Waals surface area (Å²) in [6.07, 6.45) is 0. The van der Waals surface area contributed by atoms with Crippen LogP contribution in [0.3, 0.4) is 0 Å². The molecule has 0 aliphatic heterocycles. The van der Waals surface area contributed by atoms with E-state index >= 15 is 0 Å². The Morgan fingerprint density at radius 2 is 2.05 bits per heavy atom. The molecule has 0 bridgehead atoms. The first-order valence-corrected chi connectivity index (χ1v) is 6.49. The summed E-state index contributed by atoms with van der Waals surface area (Å²) in [6, 6.07) is 1.39. The van der Waals surface area contributed by atoms with Gasteiger partial charge in [-0.15, -0.1) is 0 Å². The minimum absolute atomic E-state index is 0.0967. The molecule has 3 N–H and O–H groups in total. The summed E-state index contributed by atoms with van der Waals surface area (Å²) >= 11 is 0. The molecule has 112 valence electrons. The number of benzene rings is 1. The number of carbonyl (C=O) groups excluding carboxylic acids is 1. The SMILES string of the molecule is CCOCC(NC(=O)c1cc(F)cc(N)c1F)C(C)C. The molecule has 0 spiro atoms. The van der Waals surface area contributed by atoms with Gasteiger partial charge in [0.25, 0.3) is 5.91 Å². The lowest BCUT2D eigenvalue weighted by Crippen LogP contribution is -2.42. The van der Waals surface area contributed by atoms with Gasteiger partial charge in [-0.1, -0.05) is 13.8 Å². The van der Waals surface area contributed by atoms with Gasteiger partial charge in [0.2, 0.25) is 0 Å².